The van der Waals surface area contributed by atoms with Crippen LogP contribution < -0.4 is 10.6 Å². The first-order valence-electron chi connectivity index (χ1n) is 5.48. The van der Waals surface area contributed by atoms with E-state index in [9.17, 15) is 0 Å². The Labute approximate surface area is 107 Å². The number of rotatable bonds is 5. The third-order valence-electron chi connectivity index (χ3n) is 2.12. The van der Waals surface area contributed by atoms with Crippen LogP contribution in [0.25, 0.3) is 0 Å². The summed E-state index contributed by atoms with van der Waals surface area (Å²) in [5.41, 5.74) is 1.22. The second-order valence-electron chi connectivity index (χ2n) is 3.56. The van der Waals surface area contributed by atoms with Gasteiger partial charge in [0.1, 0.15) is 0 Å². The highest BCUT2D eigenvalue weighted by Crippen LogP contribution is 2.10. The highest BCUT2D eigenvalue weighted by atomic mass is 35.5. The van der Waals surface area contributed by atoms with Crippen LogP contribution in [0.3, 0.4) is 0 Å². The summed E-state index contributed by atoms with van der Waals surface area (Å²) >= 11 is 11.0. The molecule has 1 rings (SSSR count). The molecule has 0 spiro atoms. The molecule has 0 bridgehead atoms. The van der Waals surface area contributed by atoms with Crippen molar-refractivity contribution < 1.29 is 0 Å². The van der Waals surface area contributed by atoms with Gasteiger partial charge in [-0.3, -0.25) is 0 Å². The highest BCUT2D eigenvalue weighted by Gasteiger charge is 1.96. The van der Waals surface area contributed by atoms with Crippen molar-refractivity contribution in [3.8, 4) is 0 Å². The molecule has 0 fully saturated rings. The van der Waals surface area contributed by atoms with Gasteiger partial charge in [0.25, 0.3) is 0 Å². The summed E-state index contributed by atoms with van der Waals surface area (Å²) in [7, 11) is 0. The van der Waals surface area contributed by atoms with Crippen molar-refractivity contribution in [2.75, 3.05) is 13.1 Å². The lowest BCUT2D eigenvalue weighted by atomic mass is 10.1. The number of hydrogen-bond acceptors (Lipinski definition) is 1. The maximum atomic E-state index is 5.90. The molecule has 0 aliphatic rings. The van der Waals surface area contributed by atoms with E-state index in [2.05, 4.69) is 23.6 Å². The van der Waals surface area contributed by atoms with Crippen molar-refractivity contribution in [3.63, 3.8) is 0 Å². The minimum Gasteiger partial charge on any atom is -0.363 e. The Kier molecular flexibility index (Phi) is 6.19. The average Bonchev–Trinajstić information content (AvgIpc) is 2.26. The quantitative estimate of drug-likeness (QED) is 0.793. The van der Waals surface area contributed by atoms with Crippen molar-refractivity contribution in [2.45, 2.75) is 19.8 Å². The van der Waals surface area contributed by atoms with Crippen molar-refractivity contribution in [1.82, 2.24) is 10.6 Å². The van der Waals surface area contributed by atoms with Gasteiger partial charge in [0, 0.05) is 18.1 Å². The van der Waals surface area contributed by atoms with E-state index in [4.69, 9.17) is 23.8 Å². The lowest BCUT2D eigenvalue weighted by Gasteiger charge is -2.09. The van der Waals surface area contributed by atoms with Crippen LogP contribution in [0.2, 0.25) is 5.02 Å². The molecule has 0 unspecified atom stereocenters. The number of benzene rings is 1. The third kappa shape index (κ3) is 5.33. The van der Waals surface area contributed by atoms with Crippen LogP contribution in [-0.2, 0) is 6.42 Å². The minimum atomic E-state index is 0.726. The second kappa shape index (κ2) is 7.47. The Morgan fingerprint density at radius 3 is 2.75 bits per heavy atom. The van der Waals surface area contributed by atoms with Crippen LogP contribution in [0, 0.1) is 0 Å². The highest BCUT2D eigenvalue weighted by molar-refractivity contribution is 7.80. The predicted molar refractivity (Wildman–Crippen MR) is 74.1 cm³/mol. The van der Waals surface area contributed by atoms with Crippen LogP contribution in [0.15, 0.2) is 24.3 Å². The van der Waals surface area contributed by atoms with E-state index in [0.717, 1.165) is 36.1 Å². The fourth-order valence-corrected chi connectivity index (χ4v) is 1.73. The van der Waals surface area contributed by atoms with E-state index in [1.165, 1.54) is 5.56 Å². The summed E-state index contributed by atoms with van der Waals surface area (Å²) in [6.45, 7) is 3.86. The number of halogens is 1. The summed E-state index contributed by atoms with van der Waals surface area (Å²) in [4.78, 5) is 0. The van der Waals surface area contributed by atoms with Crippen LogP contribution in [0.5, 0.6) is 0 Å². The number of nitrogens with one attached hydrogen (secondary N) is 2. The number of thiocarbonyl (C=S) groups is 1. The van der Waals surface area contributed by atoms with E-state index < -0.39 is 0 Å². The number of hydrogen-bond donors (Lipinski definition) is 2. The van der Waals surface area contributed by atoms with Crippen molar-refractivity contribution in [2.24, 2.45) is 0 Å². The molecule has 88 valence electrons. The van der Waals surface area contributed by atoms with Gasteiger partial charge in [0.15, 0.2) is 5.11 Å². The van der Waals surface area contributed by atoms with E-state index in [0.29, 0.717) is 0 Å². The smallest absolute Gasteiger partial charge is 0.166 e. The second-order valence-corrected chi connectivity index (χ2v) is 4.41. The van der Waals surface area contributed by atoms with Gasteiger partial charge in [-0.15, -0.1) is 0 Å². The molecular formula is C12H17ClN2S. The molecular weight excluding hydrogens is 240 g/mol. The molecule has 0 aliphatic carbocycles. The van der Waals surface area contributed by atoms with Gasteiger partial charge in [-0.25, -0.2) is 0 Å². The lowest BCUT2D eigenvalue weighted by Crippen LogP contribution is -2.36. The van der Waals surface area contributed by atoms with Crippen molar-refractivity contribution in [3.05, 3.63) is 34.9 Å². The molecule has 0 saturated carbocycles. The van der Waals surface area contributed by atoms with Gasteiger partial charge in [0.2, 0.25) is 0 Å². The van der Waals surface area contributed by atoms with Gasteiger partial charge in [-0.1, -0.05) is 30.7 Å². The molecule has 1 aromatic carbocycles. The maximum Gasteiger partial charge on any atom is 0.166 e. The van der Waals surface area contributed by atoms with Gasteiger partial charge in [0.05, 0.1) is 0 Å². The van der Waals surface area contributed by atoms with Gasteiger partial charge in [-0.2, -0.15) is 0 Å². The van der Waals surface area contributed by atoms with Crippen LogP contribution in [0.1, 0.15) is 18.9 Å². The zero-order valence-corrected chi connectivity index (χ0v) is 11.0. The monoisotopic (exact) mass is 256 g/mol. The van der Waals surface area contributed by atoms with Gasteiger partial charge < -0.3 is 10.6 Å². The molecule has 0 aromatic heterocycles. The van der Waals surface area contributed by atoms with Crippen LogP contribution in [0.4, 0.5) is 0 Å². The Balaban J connectivity index is 2.22. The molecule has 0 heterocycles. The van der Waals surface area contributed by atoms with E-state index >= 15 is 0 Å². The van der Waals surface area contributed by atoms with Crippen LogP contribution >= 0.6 is 23.8 Å². The summed E-state index contributed by atoms with van der Waals surface area (Å²) in [5, 5.41) is 7.79. The zero-order valence-electron chi connectivity index (χ0n) is 9.42. The molecule has 16 heavy (non-hydrogen) atoms. The predicted octanol–water partition coefficient (Wildman–Crippen LogP) is 2.76. The van der Waals surface area contributed by atoms with Gasteiger partial charge >= 0.3 is 0 Å². The summed E-state index contributed by atoms with van der Waals surface area (Å²) < 4.78 is 0. The SMILES string of the molecule is CCCNC(=S)NCCc1cccc(Cl)c1. The van der Waals surface area contributed by atoms with E-state index in [1.54, 1.807) is 0 Å². The molecule has 1 aromatic rings. The Morgan fingerprint density at radius 2 is 2.06 bits per heavy atom. The topological polar surface area (TPSA) is 24.1 Å². The Morgan fingerprint density at radius 1 is 1.31 bits per heavy atom. The fourth-order valence-electron chi connectivity index (χ4n) is 1.31. The molecule has 2 nitrogen and oxygen atoms in total. The third-order valence-corrected chi connectivity index (χ3v) is 2.65. The summed E-state index contributed by atoms with van der Waals surface area (Å²) in [6.07, 6.45) is 2.00. The minimum absolute atomic E-state index is 0.726. The zero-order chi connectivity index (χ0) is 11.8. The summed E-state index contributed by atoms with van der Waals surface area (Å²) in [6, 6.07) is 7.89. The molecule has 0 radical (unpaired) electrons. The molecule has 0 amide bonds. The standard InChI is InChI=1S/C12H17ClN2S/c1-2-7-14-12(16)15-8-6-10-4-3-5-11(13)9-10/h3-5,9H,2,6-8H2,1H3,(H2,14,15,16). The van der Waals surface area contributed by atoms with Crippen molar-refractivity contribution >= 4 is 28.9 Å². The normalized spacial score (nSPS) is 9.88. The summed E-state index contributed by atoms with van der Waals surface area (Å²) in [5.74, 6) is 0. The lowest BCUT2D eigenvalue weighted by molar-refractivity contribution is 0.791. The van der Waals surface area contributed by atoms with E-state index in [-0.39, 0.29) is 0 Å². The molecule has 0 atom stereocenters. The van der Waals surface area contributed by atoms with E-state index in [1.807, 2.05) is 18.2 Å². The largest absolute Gasteiger partial charge is 0.363 e. The molecule has 2 N–H and O–H groups in total. The van der Waals surface area contributed by atoms with Gasteiger partial charge in [-0.05, 0) is 42.8 Å². The Bertz CT molecular complexity index is 342. The first-order valence-corrected chi connectivity index (χ1v) is 6.27. The maximum absolute atomic E-state index is 5.90. The molecule has 0 aliphatic heterocycles. The average molecular weight is 257 g/mol. The first kappa shape index (κ1) is 13.3. The molecule has 4 heteroatoms. The fraction of sp³-hybridized carbons (Fsp3) is 0.417. The molecule has 0 saturated heterocycles. The Hall–Kier alpha value is -0.800. The first-order chi connectivity index (χ1) is 7.72. The van der Waals surface area contributed by atoms with Crippen LogP contribution in [-0.4, -0.2) is 18.2 Å². The van der Waals surface area contributed by atoms with Crippen molar-refractivity contribution in [1.29, 1.82) is 0 Å².